The van der Waals surface area contributed by atoms with Crippen LogP contribution in [0.3, 0.4) is 0 Å². The third-order valence-electron chi connectivity index (χ3n) is 11.1. The van der Waals surface area contributed by atoms with E-state index in [0.29, 0.717) is 47.3 Å². The van der Waals surface area contributed by atoms with Gasteiger partial charge in [-0.25, -0.2) is 18.9 Å². The Morgan fingerprint density at radius 3 is 2.58 bits per heavy atom. The minimum Gasteiger partial charge on any atom is -0.463 e. The fourth-order valence-corrected chi connectivity index (χ4v) is 8.67. The van der Waals surface area contributed by atoms with Crippen LogP contribution in [0.15, 0.2) is 96.2 Å². The summed E-state index contributed by atoms with van der Waals surface area (Å²) in [5.74, 6) is 0.389. The number of fused-ring (bicyclic) bond motifs is 8. The maximum atomic E-state index is 16.5. The molecule has 1 aliphatic heterocycles. The Kier molecular flexibility index (Phi) is 12.1. The van der Waals surface area contributed by atoms with Crippen molar-refractivity contribution in [3.63, 3.8) is 0 Å². The molecule has 0 unspecified atom stereocenters. The molecule has 7 rings (SSSR count). The quantitative estimate of drug-likeness (QED) is 0.121. The summed E-state index contributed by atoms with van der Waals surface area (Å²) < 4.78 is 31.7. The van der Waals surface area contributed by atoms with Crippen LogP contribution in [0, 0.1) is 18.2 Å². The first-order valence-electron chi connectivity index (χ1n) is 20.1. The Hall–Kier alpha value is -5.75. The summed E-state index contributed by atoms with van der Waals surface area (Å²) in [6.07, 6.45) is 10.1. The van der Waals surface area contributed by atoms with Crippen LogP contribution < -0.4 is 4.74 Å². The minimum absolute atomic E-state index is 0.00483. The molecule has 3 aromatic heterocycles. The first-order valence-corrected chi connectivity index (χ1v) is 20.8. The summed E-state index contributed by atoms with van der Waals surface area (Å²) in [6, 6.07) is 23.0. The van der Waals surface area contributed by atoms with Crippen molar-refractivity contribution >= 4 is 40.8 Å². The average Bonchev–Trinajstić information content (AvgIpc) is 3.80. The van der Waals surface area contributed by atoms with Gasteiger partial charge in [-0.05, 0) is 92.4 Å². The highest BCUT2D eigenvalue weighted by Crippen LogP contribution is 2.41. The summed E-state index contributed by atoms with van der Waals surface area (Å²) in [4.78, 5) is 38.8. The molecule has 0 saturated carbocycles. The molecule has 12 heteroatoms. The lowest BCUT2D eigenvalue weighted by Gasteiger charge is -2.32. The average molecular weight is 815 g/mol. The van der Waals surface area contributed by atoms with Crippen molar-refractivity contribution < 1.29 is 23.5 Å². The van der Waals surface area contributed by atoms with Gasteiger partial charge in [-0.15, -0.1) is 0 Å². The van der Waals surface area contributed by atoms with E-state index in [1.54, 1.807) is 40.9 Å². The number of benzene rings is 3. The molecule has 0 spiro atoms. The third-order valence-corrected chi connectivity index (χ3v) is 12.1. The Labute approximate surface area is 349 Å². The molecular formula is C47H51FN6O4S. The second-order valence-electron chi connectivity index (χ2n) is 16.3. The lowest BCUT2D eigenvalue weighted by Crippen LogP contribution is -2.37. The number of halogens is 1. The van der Waals surface area contributed by atoms with E-state index in [1.807, 2.05) is 73.7 Å². The smallest absolute Gasteiger partial charge is 0.330 e. The monoisotopic (exact) mass is 814 g/mol. The fourth-order valence-electron chi connectivity index (χ4n) is 7.81. The van der Waals surface area contributed by atoms with E-state index < -0.39 is 17.2 Å². The number of rotatable bonds is 6. The predicted octanol–water partition coefficient (Wildman–Crippen LogP) is 10.1. The van der Waals surface area contributed by atoms with E-state index in [4.69, 9.17) is 19.6 Å². The van der Waals surface area contributed by atoms with Gasteiger partial charge in [-0.1, -0.05) is 68.7 Å². The summed E-state index contributed by atoms with van der Waals surface area (Å²) in [7, 11) is 3.66. The zero-order chi connectivity index (χ0) is 41.9. The molecule has 306 valence electrons. The van der Waals surface area contributed by atoms with Crippen molar-refractivity contribution in [3.8, 4) is 23.0 Å². The number of amides is 1. The summed E-state index contributed by atoms with van der Waals surface area (Å²) >= 11 is 1.48. The van der Waals surface area contributed by atoms with E-state index in [9.17, 15) is 9.59 Å². The highest BCUT2D eigenvalue weighted by atomic mass is 32.2. The van der Waals surface area contributed by atoms with Crippen molar-refractivity contribution in [2.24, 2.45) is 12.5 Å². The molecule has 1 atom stereocenters. The number of nitrogens with zero attached hydrogens (tertiary/aromatic N) is 6. The molecule has 10 nitrogen and oxygen atoms in total. The molecule has 6 aromatic rings. The van der Waals surface area contributed by atoms with Gasteiger partial charge < -0.3 is 14.4 Å². The zero-order valence-corrected chi connectivity index (χ0v) is 35.6. The molecule has 4 heterocycles. The topological polar surface area (TPSA) is 104 Å². The van der Waals surface area contributed by atoms with Gasteiger partial charge in [0.1, 0.15) is 11.4 Å². The molecule has 0 radical (unpaired) electrons. The Bertz CT molecular complexity index is 2530. The number of carbonyl (C=O) groups excluding carboxylic acids is 2. The number of ether oxygens (including phenoxy) is 2. The van der Waals surface area contributed by atoms with Gasteiger partial charge in [0.15, 0.2) is 23.2 Å². The summed E-state index contributed by atoms with van der Waals surface area (Å²) in [5, 5.41) is 5.72. The molecular weight excluding hydrogens is 764 g/mol. The maximum absolute atomic E-state index is 16.5. The fraction of sp³-hybridized carbons (Fsp3) is 0.340. The van der Waals surface area contributed by atoms with Crippen LogP contribution in [0.5, 0.6) is 11.5 Å². The van der Waals surface area contributed by atoms with Gasteiger partial charge >= 0.3 is 5.97 Å². The van der Waals surface area contributed by atoms with Gasteiger partial charge in [0, 0.05) is 67.1 Å². The molecule has 4 bridgehead atoms. The number of hydrogen-bond donors (Lipinski definition) is 0. The lowest BCUT2D eigenvalue weighted by molar-refractivity contribution is -0.137. The number of aromatic nitrogens is 5. The largest absolute Gasteiger partial charge is 0.463 e. The highest BCUT2D eigenvalue weighted by Gasteiger charge is 2.35. The SMILES string of the molecule is CCOC(=O)/C=C/c1cccc([C@@]2(C)CCCCC(C)(C)CN(C)C(=O)Cc3c(c(F)cc4c3ccn4Sc3ccc(C)cc3)Oc3ccnc(c3)-c3nc2nn3C)c1. The van der Waals surface area contributed by atoms with Gasteiger partial charge in [-0.2, -0.15) is 5.10 Å². The number of esters is 1. The molecule has 0 aliphatic carbocycles. The Morgan fingerprint density at radius 1 is 1.02 bits per heavy atom. The van der Waals surface area contributed by atoms with Gasteiger partial charge in [0.05, 0.1) is 24.0 Å². The summed E-state index contributed by atoms with van der Waals surface area (Å²) in [6.45, 7) is 11.2. The Morgan fingerprint density at radius 2 is 1.80 bits per heavy atom. The number of aryl methyl sites for hydroxylation is 2. The Balaban J connectivity index is 1.31. The molecule has 1 aliphatic rings. The van der Waals surface area contributed by atoms with Crippen molar-refractivity contribution in [2.75, 3.05) is 20.2 Å². The third kappa shape index (κ3) is 9.28. The summed E-state index contributed by atoms with van der Waals surface area (Å²) in [5.41, 5.74) is 3.83. The highest BCUT2D eigenvalue weighted by molar-refractivity contribution is 7.98. The van der Waals surface area contributed by atoms with Gasteiger partial charge in [0.25, 0.3) is 0 Å². The minimum atomic E-state index is -0.612. The lowest BCUT2D eigenvalue weighted by atomic mass is 9.76. The second-order valence-corrected chi connectivity index (χ2v) is 17.4. The van der Waals surface area contributed by atoms with Gasteiger partial charge in [0.2, 0.25) is 5.91 Å². The first-order chi connectivity index (χ1) is 28.2. The normalized spacial score (nSPS) is 17.6. The van der Waals surface area contributed by atoms with E-state index in [2.05, 4.69) is 37.9 Å². The van der Waals surface area contributed by atoms with Crippen LogP contribution in [0.4, 0.5) is 4.39 Å². The van der Waals surface area contributed by atoms with Crippen molar-refractivity contribution in [3.05, 3.63) is 125 Å². The van der Waals surface area contributed by atoms with Crippen LogP contribution in [0.2, 0.25) is 0 Å². The van der Waals surface area contributed by atoms with Crippen molar-refractivity contribution in [1.82, 2.24) is 28.6 Å². The van der Waals surface area contributed by atoms with Crippen LogP contribution in [-0.4, -0.2) is 60.7 Å². The zero-order valence-electron chi connectivity index (χ0n) is 34.8. The molecule has 0 N–H and O–H groups in total. The number of likely N-dealkylation sites (N-methyl/N-ethyl adjacent to an activating group) is 1. The van der Waals surface area contributed by atoms with Crippen molar-refractivity contribution in [1.29, 1.82) is 0 Å². The van der Waals surface area contributed by atoms with Crippen LogP contribution in [0.25, 0.3) is 28.5 Å². The standard InChI is InChI=1S/C47H51FN6O4S/c1-8-57-42(56)19-16-32-12-11-13-33(26-32)47(5)23-10-9-22-46(3,4)30-52(6)41(55)28-37-36-21-25-54(59-35-17-14-31(2)15-18-35)40(36)29-38(48)43(37)58-34-20-24-49-39(27-34)44-50-45(47)51-53(44)7/h11-21,24-27,29H,8-10,22-23,28,30H2,1-7H3/b19-16+/t47-/m1/s1. The van der Waals surface area contributed by atoms with Crippen LogP contribution in [0.1, 0.15) is 81.5 Å². The van der Waals surface area contributed by atoms with Crippen LogP contribution >= 0.6 is 11.9 Å². The maximum Gasteiger partial charge on any atom is 0.330 e. The van der Waals surface area contributed by atoms with E-state index >= 15 is 4.39 Å². The molecule has 59 heavy (non-hydrogen) atoms. The first kappa shape index (κ1) is 41.4. The number of carbonyl (C=O) groups is 2. The van der Waals surface area contributed by atoms with E-state index in [0.717, 1.165) is 52.7 Å². The molecule has 1 amide bonds. The number of pyridine rings is 1. The molecule has 0 fully saturated rings. The van der Waals surface area contributed by atoms with Crippen LogP contribution in [-0.2, 0) is 33.2 Å². The van der Waals surface area contributed by atoms with Crippen molar-refractivity contribution in [2.45, 2.75) is 77.0 Å². The van der Waals surface area contributed by atoms with Gasteiger partial charge in [-0.3, -0.25) is 13.8 Å². The molecule has 3 aromatic carbocycles. The van der Waals surface area contributed by atoms with E-state index in [1.165, 1.54) is 24.1 Å². The second kappa shape index (κ2) is 17.2. The van der Waals surface area contributed by atoms with E-state index in [-0.39, 0.29) is 23.5 Å². The molecule has 0 saturated heterocycles. The number of hydrogen-bond acceptors (Lipinski definition) is 8. The predicted molar refractivity (Wildman–Crippen MR) is 231 cm³/mol.